The lowest BCUT2D eigenvalue weighted by Gasteiger charge is -2.08. The molecule has 14 heteroatoms. The number of anilines is 2. The van der Waals surface area contributed by atoms with Crippen LogP contribution in [-0.2, 0) is 20.2 Å². The van der Waals surface area contributed by atoms with Gasteiger partial charge in [-0.25, -0.2) is 0 Å². The van der Waals surface area contributed by atoms with E-state index in [0.717, 1.165) is 12.1 Å². The van der Waals surface area contributed by atoms with Crippen molar-refractivity contribution in [2.75, 3.05) is 5.32 Å². The largest absolute Gasteiger partial charge is 0.324 e. The lowest BCUT2D eigenvalue weighted by atomic mass is 10.3. The summed E-state index contributed by atoms with van der Waals surface area (Å²) in [5.74, 6) is -0.219. The van der Waals surface area contributed by atoms with Gasteiger partial charge in [-0.3, -0.25) is 9.11 Å². The molecule has 23 heavy (non-hydrogen) atoms. The van der Waals surface area contributed by atoms with E-state index < -0.39 is 30.0 Å². The van der Waals surface area contributed by atoms with Gasteiger partial charge in [0.15, 0.2) is 0 Å². The molecule has 3 N–H and O–H groups in total. The van der Waals surface area contributed by atoms with Crippen molar-refractivity contribution in [3.63, 3.8) is 0 Å². The Balaban J connectivity index is 2.57. The van der Waals surface area contributed by atoms with Crippen molar-refractivity contribution in [3.8, 4) is 0 Å². The summed E-state index contributed by atoms with van der Waals surface area (Å²) in [5, 5.41) is 1.89. The van der Waals surface area contributed by atoms with Crippen molar-refractivity contribution in [1.29, 1.82) is 0 Å². The summed E-state index contributed by atoms with van der Waals surface area (Å²) in [4.78, 5) is 9.21. The van der Waals surface area contributed by atoms with Crippen LogP contribution in [0.25, 0.3) is 0 Å². The molecule has 124 valence electrons. The van der Waals surface area contributed by atoms with Crippen molar-refractivity contribution in [1.82, 2.24) is 15.0 Å². The lowest BCUT2D eigenvalue weighted by molar-refractivity contribution is 0.481. The number of hydrogen-bond acceptors (Lipinski definition) is 8. The molecule has 0 fully saturated rings. The lowest BCUT2D eigenvalue weighted by Crippen LogP contribution is -2.06. The standard InChI is InChI=1S/C9H6Cl2N4O6S2/c10-7-13-8(11)15-9(14-7)12-4-1-5(22(16,17)18)3-6(2-4)23(19,20)21/h1-3H,(H,16,17,18)(H,19,20,21)(H,12,13,14,15). The molecule has 0 aliphatic carbocycles. The van der Waals surface area contributed by atoms with Gasteiger partial charge in [-0.15, -0.1) is 0 Å². The van der Waals surface area contributed by atoms with Crippen LogP contribution in [0.5, 0.6) is 0 Å². The Morgan fingerprint density at radius 1 is 0.826 bits per heavy atom. The summed E-state index contributed by atoms with van der Waals surface area (Å²) in [6.07, 6.45) is 0. The van der Waals surface area contributed by atoms with Crippen molar-refractivity contribution >= 4 is 55.1 Å². The third-order valence-corrected chi connectivity index (χ3v) is 4.31. The van der Waals surface area contributed by atoms with Gasteiger partial charge in [0.1, 0.15) is 0 Å². The van der Waals surface area contributed by atoms with Crippen LogP contribution in [0.3, 0.4) is 0 Å². The fourth-order valence-electron chi connectivity index (χ4n) is 1.45. The molecule has 0 saturated carbocycles. The Hall–Kier alpha value is -1.57. The minimum Gasteiger partial charge on any atom is -0.324 e. The first-order valence-electron chi connectivity index (χ1n) is 5.39. The molecular formula is C9H6Cl2N4O6S2. The molecule has 1 aromatic heterocycles. The molecule has 0 aliphatic rings. The molecule has 0 saturated heterocycles. The van der Waals surface area contributed by atoms with Gasteiger partial charge in [0.05, 0.1) is 9.79 Å². The Labute approximate surface area is 140 Å². The maximum Gasteiger partial charge on any atom is 0.294 e. The van der Waals surface area contributed by atoms with E-state index in [2.05, 4.69) is 20.3 Å². The monoisotopic (exact) mass is 400 g/mol. The summed E-state index contributed by atoms with van der Waals surface area (Å²) in [5.41, 5.74) is -0.175. The number of halogens is 2. The van der Waals surface area contributed by atoms with Crippen LogP contribution in [0, 0.1) is 0 Å². The summed E-state index contributed by atoms with van der Waals surface area (Å²) in [7, 11) is -9.48. The zero-order chi connectivity index (χ0) is 17.4. The average molecular weight is 401 g/mol. The maximum absolute atomic E-state index is 11.2. The highest BCUT2D eigenvalue weighted by atomic mass is 35.5. The number of nitrogens with zero attached hydrogens (tertiary/aromatic N) is 3. The number of rotatable bonds is 4. The van der Waals surface area contributed by atoms with E-state index >= 15 is 0 Å². The molecular weight excluding hydrogens is 395 g/mol. The highest BCUT2D eigenvalue weighted by molar-refractivity contribution is 7.86. The highest BCUT2D eigenvalue weighted by Gasteiger charge is 2.18. The normalized spacial score (nSPS) is 12.2. The molecule has 10 nitrogen and oxygen atoms in total. The minimum atomic E-state index is -4.74. The number of nitrogens with one attached hydrogen (secondary N) is 1. The van der Waals surface area contributed by atoms with Gasteiger partial charge < -0.3 is 5.32 Å². The third kappa shape index (κ3) is 4.70. The molecule has 0 aliphatic heterocycles. The Morgan fingerprint density at radius 3 is 1.65 bits per heavy atom. The topological polar surface area (TPSA) is 159 Å². The molecule has 2 aromatic rings. The summed E-state index contributed by atoms with van der Waals surface area (Å²) in [6, 6.07) is 2.34. The van der Waals surface area contributed by atoms with Gasteiger partial charge >= 0.3 is 0 Å². The summed E-state index contributed by atoms with van der Waals surface area (Å²) >= 11 is 11.1. The molecule has 0 spiro atoms. The van der Waals surface area contributed by atoms with Gasteiger partial charge in [0, 0.05) is 5.69 Å². The van der Waals surface area contributed by atoms with Gasteiger partial charge in [-0.2, -0.15) is 31.8 Å². The van der Waals surface area contributed by atoms with Gasteiger partial charge in [-0.1, -0.05) is 0 Å². The van der Waals surface area contributed by atoms with Gasteiger partial charge in [0.2, 0.25) is 16.5 Å². The second-order valence-electron chi connectivity index (χ2n) is 3.97. The van der Waals surface area contributed by atoms with E-state index in [0.29, 0.717) is 6.07 Å². The number of hydrogen-bond donors (Lipinski definition) is 3. The van der Waals surface area contributed by atoms with Crippen LogP contribution >= 0.6 is 23.2 Å². The molecule has 0 radical (unpaired) electrons. The Kier molecular flexibility index (Phi) is 4.75. The quantitative estimate of drug-likeness (QED) is 0.639. The van der Waals surface area contributed by atoms with E-state index in [1.807, 2.05) is 0 Å². The zero-order valence-corrected chi connectivity index (χ0v) is 13.8. The second kappa shape index (κ2) is 6.14. The molecule has 0 atom stereocenters. The second-order valence-corrected chi connectivity index (χ2v) is 7.48. The predicted molar refractivity (Wildman–Crippen MR) is 79.2 cm³/mol. The van der Waals surface area contributed by atoms with Crippen LogP contribution in [-0.4, -0.2) is 40.9 Å². The van der Waals surface area contributed by atoms with Gasteiger partial charge in [0.25, 0.3) is 20.2 Å². The van der Waals surface area contributed by atoms with E-state index in [9.17, 15) is 16.8 Å². The van der Waals surface area contributed by atoms with E-state index in [-0.39, 0.29) is 22.2 Å². The summed E-state index contributed by atoms with van der Waals surface area (Å²) in [6.45, 7) is 0. The van der Waals surface area contributed by atoms with E-state index in [1.54, 1.807) is 0 Å². The molecule has 1 aromatic carbocycles. The number of aromatic nitrogens is 3. The van der Waals surface area contributed by atoms with Crippen molar-refractivity contribution in [2.24, 2.45) is 0 Å². The first kappa shape index (κ1) is 17.8. The molecule has 0 bridgehead atoms. The van der Waals surface area contributed by atoms with Crippen LogP contribution < -0.4 is 5.32 Å². The minimum absolute atomic E-state index is 0.175. The average Bonchev–Trinajstić information content (AvgIpc) is 2.34. The molecule has 1 heterocycles. The van der Waals surface area contributed by atoms with Crippen LogP contribution in [0.4, 0.5) is 11.6 Å². The smallest absolute Gasteiger partial charge is 0.294 e. The van der Waals surface area contributed by atoms with Gasteiger partial charge in [-0.05, 0) is 41.4 Å². The van der Waals surface area contributed by atoms with Crippen LogP contribution in [0.15, 0.2) is 28.0 Å². The fraction of sp³-hybridized carbons (Fsp3) is 0. The first-order valence-corrected chi connectivity index (χ1v) is 9.03. The van der Waals surface area contributed by atoms with E-state index in [4.69, 9.17) is 32.3 Å². The predicted octanol–water partition coefficient (Wildman–Crippen LogP) is 1.42. The van der Waals surface area contributed by atoms with Crippen molar-refractivity contribution in [2.45, 2.75) is 9.79 Å². The van der Waals surface area contributed by atoms with Crippen molar-refractivity contribution in [3.05, 3.63) is 28.8 Å². The Bertz CT molecular complexity index is 909. The highest BCUT2D eigenvalue weighted by Crippen LogP contribution is 2.24. The van der Waals surface area contributed by atoms with Crippen molar-refractivity contribution < 1.29 is 25.9 Å². The van der Waals surface area contributed by atoms with Crippen LogP contribution in [0.2, 0.25) is 10.6 Å². The Morgan fingerprint density at radius 2 is 1.26 bits per heavy atom. The molecule has 0 unspecified atom stereocenters. The molecule has 0 amide bonds. The van der Waals surface area contributed by atoms with E-state index in [1.165, 1.54) is 0 Å². The summed E-state index contributed by atoms with van der Waals surface area (Å²) < 4.78 is 62.9. The fourth-order valence-corrected chi connectivity index (χ4v) is 2.99. The number of benzene rings is 1. The molecule has 2 rings (SSSR count). The SMILES string of the molecule is O=S(=O)(O)c1cc(Nc2nc(Cl)nc(Cl)n2)cc(S(=O)(=O)O)c1. The zero-order valence-electron chi connectivity index (χ0n) is 10.7. The third-order valence-electron chi connectivity index (χ3n) is 2.31. The maximum atomic E-state index is 11.2. The first-order chi connectivity index (χ1) is 10.4. The van der Waals surface area contributed by atoms with Crippen LogP contribution in [0.1, 0.15) is 0 Å².